The van der Waals surface area contributed by atoms with E-state index in [-0.39, 0.29) is 18.5 Å². The first-order valence-electron chi connectivity index (χ1n) is 12.4. The fraction of sp³-hybridized carbons (Fsp3) is 0.357. The molecule has 190 valence electrons. The van der Waals surface area contributed by atoms with Gasteiger partial charge in [-0.1, -0.05) is 66.7 Å². The minimum atomic E-state index is -0.217. The maximum atomic E-state index is 13.0. The van der Waals surface area contributed by atoms with E-state index in [1.165, 1.54) is 4.88 Å². The number of rotatable bonds is 11. The molecule has 0 radical (unpaired) electrons. The van der Waals surface area contributed by atoms with Crippen LogP contribution < -0.4 is 10.6 Å². The monoisotopic (exact) mass is 522 g/mol. The van der Waals surface area contributed by atoms with Gasteiger partial charge in [0.2, 0.25) is 5.91 Å². The Balaban J connectivity index is 1.33. The Hall–Kier alpha value is -2.78. The van der Waals surface area contributed by atoms with Crippen molar-refractivity contribution in [1.29, 1.82) is 0 Å². The van der Waals surface area contributed by atoms with Crippen molar-refractivity contribution < 1.29 is 9.53 Å². The number of amides is 1. The molecule has 1 aromatic heterocycles. The maximum Gasteiger partial charge on any atom is 0.240 e. The molecular weight excluding hydrogens is 488 g/mol. The molecule has 0 atom stereocenters. The van der Waals surface area contributed by atoms with E-state index in [1.54, 1.807) is 11.3 Å². The summed E-state index contributed by atoms with van der Waals surface area (Å²) in [4.78, 5) is 18.9. The third-order valence-electron chi connectivity index (χ3n) is 6.19. The van der Waals surface area contributed by atoms with E-state index in [4.69, 9.17) is 17.0 Å². The van der Waals surface area contributed by atoms with Gasteiger partial charge in [-0.25, -0.2) is 0 Å². The second-order valence-corrected chi connectivity index (χ2v) is 10.2. The number of thiophene rings is 1. The highest BCUT2D eigenvalue weighted by molar-refractivity contribution is 7.80. The van der Waals surface area contributed by atoms with Crippen LogP contribution >= 0.6 is 23.6 Å². The van der Waals surface area contributed by atoms with Crippen molar-refractivity contribution in [2.75, 3.05) is 45.9 Å². The van der Waals surface area contributed by atoms with Crippen LogP contribution in [0.25, 0.3) is 0 Å². The Labute approximate surface area is 223 Å². The molecule has 1 saturated heterocycles. The normalized spacial score (nSPS) is 13.9. The zero-order valence-electron chi connectivity index (χ0n) is 20.5. The molecule has 2 N–H and O–H groups in total. The molecule has 0 bridgehead atoms. The van der Waals surface area contributed by atoms with Gasteiger partial charge in [-0.3, -0.25) is 9.69 Å². The number of morpholine rings is 1. The molecule has 1 aliphatic rings. The lowest BCUT2D eigenvalue weighted by Gasteiger charge is -2.29. The van der Waals surface area contributed by atoms with Crippen LogP contribution in [0.5, 0.6) is 0 Å². The van der Waals surface area contributed by atoms with Crippen LogP contribution in [0.15, 0.2) is 78.2 Å². The topological polar surface area (TPSA) is 56.8 Å². The number of carbonyl (C=O) groups excluding carboxylic acids is 1. The first kappa shape index (κ1) is 26.3. The molecule has 3 aromatic rings. The minimum absolute atomic E-state index is 0.0977. The fourth-order valence-electron chi connectivity index (χ4n) is 4.28. The fourth-order valence-corrected chi connectivity index (χ4v) is 5.23. The van der Waals surface area contributed by atoms with Crippen LogP contribution in [0.3, 0.4) is 0 Å². The number of nitrogens with zero attached hydrogens (tertiary/aromatic N) is 2. The predicted octanol–water partition coefficient (Wildman–Crippen LogP) is 4.05. The molecule has 1 fully saturated rings. The van der Waals surface area contributed by atoms with Crippen molar-refractivity contribution in [1.82, 2.24) is 20.4 Å². The van der Waals surface area contributed by atoms with Crippen molar-refractivity contribution in [3.63, 3.8) is 0 Å². The van der Waals surface area contributed by atoms with Crippen LogP contribution in [-0.4, -0.2) is 66.8 Å². The SMILES string of the molecule is O=C(CNC(=S)N(CCCN1CCOCC1)Cc1cccs1)NC(c1ccccc1)c1ccccc1. The summed E-state index contributed by atoms with van der Waals surface area (Å²) in [6, 6.07) is 24.0. The summed E-state index contributed by atoms with van der Waals surface area (Å²) in [6.07, 6.45) is 1.00. The smallest absolute Gasteiger partial charge is 0.240 e. The summed E-state index contributed by atoms with van der Waals surface area (Å²) < 4.78 is 5.45. The van der Waals surface area contributed by atoms with Gasteiger partial charge in [0, 0.05) is 31.1 Å². The molecule has 4 rings (SSSR count). The van der Waals surface area contributed by atoms with E-state index in [9.17, 15) is 4.79 Å². The molecule has 1 amide bonds. The van der Waals surface area contributed by atoms with Crippen LogP contribution in [0.4, 0.5) is 0 Å². The van der Waals surface area contributed by atoms with Crippen LogP contribution in [0.2, 0.25) is 0 Å². The molecule has 2 heterocycles. The van der Waals surface area contributed by atoms with E-state index in [0.717, 1.165) is 63.5 Å². The van der Waals surface area contributed by atoms with Gasteiger partial charge in [0.15, 0.2) is 5.11 Å². The van der Waals surface area contributed by atoms with Gasteiger partial charge in [-0.05, 0) is 41.2 Å². The number of thiocarbonyl (C=S) groups is 1. The van der Waals surface area contributed by atoms with Gasteiger partial charge in [0.05, 0.1) is 32.3 Å². The van der Waals surface area contributed by atoms with E-state index < -0.39 is 0 Å². The second kappa shape index (κ2) is 14.1. The lowest BCUT2D eigenvalue weighted by atomic mass is 9.99. The Kier molecular flexibility index (Phi) is 10.3. The average Bonchev–Trinajstić information content (AvgIpc) is 3.45. The average molecular weight is 523 g/mol. The van der Waals surface area contributed by atoms with Gasteiger partial charge < -0.3 is 20.3 Å². The molecule has 2 aromatic carbocycles. The van der Waals surface area contributed by atoms with Gasteiger partial charge in [-0.2, -0.15) is 0 Å². The predicted molar refractivity (Wildman–Crippen MR) is 150 cm³/mol. The molecule has 36 heavy (non-hydrogen) atoms. The molecule has 0 saturated carbocycles. The molecular formula is C28H34N4O2S2. The number of hydrogen-bond acceptors (Lipinski definition) is 5. The van der Waals surface area contributed by atoms with Gasteiger partial charge in [0.1, 0.15) is 0 Å². The van der Waals surface area contributed by atoms with E-state index in [0.29, 0.717) is 5.11 Å². The first-order chi connectivity index (χ1) is 17.7. The lowest BCUT2D eigenvalue weighted by Crippen LogP contribution is -2.45. The quantitative estimate of drug-likeness (QED) is 0.371. The minimum Gasteiger partial charge on any atom is -0.379 e. The van der Waals surface area contributed by atoms with Gasteiger partial charge in [-0.15, -0.1) is 11.3 Å². The lowest BCUT2D eigenvalue weighted by molar-refractivity contribution is -0.120. The van der Waals surface area contributed by atoms with Crippen LogP contribution in [0.1, 0.15) is 28.5 Å². The molecule has 8 heteroatoms. The Bertz CT molecular complexity index is 1020. The summed E-state index contributed by atoms with van der Waals surface area (Å²) in [6.45, 7) is 6.30. The van der Waals surface area contributed by atoms with Gasteiger partial charge in [0.25, 0.3) is 0 Å². The third kappa shape index (κ3) is 8.13. The Morgan fingerprint density at radius 2 is 1.67 bits per heavy atom. The maximum absolute atomic E-state index is 13.0. The highest BCUT2D eigenvalue weighted by Crippen LogP contribution is 2.21. The summed E-state index contributed by atoms with van der Waals surface area (Å²) >= 11 is 7.47. The molecule has 0 spiro atoms. The van der Waals surface area contributed by atoms with Crippen molar-refractivity contribution in [2.24, 2.45) is 0 Å². The highest BCUT2D eigenvalue weighted by Gasteiger charge is 2.18. The first-order valence-corrected chi connectivity index (χ1v) is 13.7. The number of hydrogen-bond donors (Lipinski definition) is 2. The Morgan fingerprint density at radius 1 is 1.00 bits per heavy atom. The standard InChI is InChI=1S/C28H34N4O2S2/c33-26(30-27(23-9-3-1-4-10-23)24-11-5-2-6-12-24)21-29-28(35)32(22-25-13-7-20-36-25)15-8-14-31-16-18-34-19-17-31/h1-7,9-13,20,27H,8,14-19,21-22H2,(H,29,35)(H,30,33). The number of carbonyl (C=O) groups is 1. The van der Waals surface area contributed by atoms with Gasteiger partial charge >= 0.3 is 0 Å². The van der Waals surface area contributed by atoms with E-state index in [2.05, 4.69) is 37.9 Å². The van der Waals surface area contributed by atoms with Crippen molar-refractivity contribution >= 4 is 34.6 Å². The summed E-state index contributed by atoms with van der Waals surface area (Å²) in [7, 11) is 0. The van der Waals surface area contributed by atoms with E-state index in [1.807, 2.05) is 60.7 Å². The van der Waals surface area contributed by atoms with Crippen molar-refractivity contribution in [3.05, 3.63) is 94.2 Å². The van der Waals surface area contributed by atoms with Crippen molar-refractivity contribution in [2.45, 2.75) is 19.0 Å². The third-order valence-corrected chi connectivity index (χ3v) is 7.46. The molecule has 0 aliphatic carbocycles. The van der Waals surface area contributed by atoms with Crippen LogP contribution in [0, 0.1) is 0 Å². The highest BCUT2D eigenvalue weighted by atomic mass is 32.1. The second-order valence-electron chi connectivity index (χ2n) is 8.79. The zero-order valence-corrected chi connectivity index (χ0v) is 22.1. The number of ether oxygens (including phenoxy) is 1. The van der Waals surface area contributed by atoms with Crippen LogP contribution in [-0.2, 0) is 16.1 Å². The summed E-state index contributed by atoms with van der Waals surface area (Å²) in [5, 5.41) is 9.08. The number of nitrogens with one attached hydrogen (secondary N) is 2. The summed E-state index contributed by atoms with van der Waals surface area (Å²) in [5.41, 5.74) is 2.09. The molecule has 0 unspecified atom stereocenters. The molecule has 6 nitrogen and oxygen atoms in total. The van der Waals surface area contributed by atoms with Crippen molar-refractivity contribution in [3.8, 4) is 0 Å². The number of benzene rings is 2. The van der Waals surface area contributed by atoms with E-state index >= 15 is 0 Å². The largest absolute Gasteiger partial charge is 0.379 e. The summed E-state index contributed by atoms with van der Waals surface area (Å²) in [5.74, 6) is -0.0977. The zero-order chi connectivity index (χ0) is 25.0. The Morgan fingerprint density at radius 3 is 2.28 bits per heavy atom. The molecule has 1 aliphatic heterocycles.